The highest BCUT2D eigenvalue weighted by Gasteiger charge is 2.19. The maximum absolute atomic E-state index is 12.9. The summed E-state index contributed by atoms with van der Waals surface area (Å²) in [6.45, 7) is 2.43. The van der Waals surface area contributed by atoms with Crippen LogP contribution in [0.1, 0.15) is 29.3 Å². The molecule has 0 aliphatic rings. The first kappa shape index (κ1) is 21.5. The Bertz CT molecular complexity index is 899. The third-order valence-corrected chi connectivity index (χ3v) is 5.39. The molecular formula is C19H23N3O5S. The number of amides is 1. The Morgan fingerprint density at radius 1 is 1.18 bits per heavy atom. The molecule has 0 fully saturated rings. The maximum Gasteiger partial charge on any atom is 0.307 e. The van der Waals surface area contributed by atoms with Crippen molar-refractivity contribution in [2.45, 2.75) is 24.8 Å². The van der Waals surface area contributed by atoms with E-state index in [4.69, 9.17) is 4.74 Å². The Hall–Kier alpha value is -2.78. The van der Waals surface area contributed by atoms with E-state index in [9.17, 15) is 18.0 Å². The summed E-state index contributed by atoms with van der Waals surface area (Å²) in [7, 11) is -2.26. The molecule has 28 heavy (non-hydrogen) atoms. The molecule has 1 amide bonds. The van der Waals surface area contributed by atoms with Crippen LogP contribution < -0.4 is 4.72 Å². The molecule has 0 saturated carbocycles. The van der Waals surface area contributed by atoms with Gasteiger partial charge in [0.05, 0.1) is 17.9 Å². The summed E-state index contributed by atoms with van der Waals surface area (Å²) in [4.78, 5) is 30.3. The Morgan fingerprint density at radius 3 is 2.46 bits per heavy atom. The van der Waals surface area contributed by atoms with Gasteiger partial charge in [0.2, 0.25) is 10.0 Å². The highest BCUT2D eigenvalue weighted by molar-refractivity contribution is 7.89. The van der Waals surface area contributed by atoms with Crippen molar-refractivity contribution in [3.8, 4) is 0 Å². The van der Waals surface area contributed by atoms with Crippen LogP contribution >= 0.6 is 0 Å². The Morgan fingerprint density at radius 2 is 1.89 bits per heavy atom. The predicted molar refractivity (Wildman–Crippen MR) is 103 cm³/mol. The lowest BCUT2D eigenvalue weighted by Gasteiger charge is -2.22. The number of hydrogen-bond donors (Lipinski definition) is 1. The van der Waals surface area contributed by atoms with Crippen LogP contribution in [0.3, 0.4) is 0 Å². The van der Waals surface area contributed by atoms with Gasteiger partial charge in [-0.1, -0.05) is 6.07 Å². The van der Waals surface area contributed by atoms with E-state index in [1.807, 2.05) is 6.07 Å². The molecule has 0 radical (unpaired) electrons. The molecule has 2 rings (SSSR count). The van der Waals surface area contributed by atoms with Gasteiger partial charge >= 0.3 is 5.97 Å². The zero-order valence-electron chi connectivity index (χ0n) is 15.8. The van der Waals surface area contributed by atoms with Gasteiger partial charge < -0.3 is 9.64 Å². The van der Waals surface area contributed by atoms with Gasteiger partial charge in [0.15, 0.2) is 0 Å². The van der Waals surface area contributed by atoms with Crippen LogP contribution in [0.2, 0.25) is 0 Å². The standard InChI is InChI=1S/C19H23N3O5S/c1-3-27-18(23)10-12-22(14-15-5-4-11-21-13-15)19(24)16-6-8-17(9-7-16)28(25,26)20-2/h4-9,11,13,20H,3,10,12,14H2,1-2H3. The average molecular weight is 405 g/mol. The van der Waals surface area contributed by atoms with Gasteiger partial charge in [0.1, 0.15) is 0 Å². The van der Waals surface area contributed by atoms with Crippen molar-refractivity contribution >= 4 is 21.9 Å². The molecule has 9 heteroatoms. The molecule has 0 aliphatic carbocycles. The molecule has 0 bridgehead atoms. The van der Waals surface area contributed by atoms with Crippen molar-refractivity contribution < 1.29 is 22.7 Å². The highest BCUT2D eigenvalue weighted by atomic mass is 32.2. The number of hydrogen-bond acceptors (Lipinski definition) is 6. The van der Waals surface area contributed by atoms with Crippen molar-refractivity contribution in [3.05, 3.63) is 59.9 Å². The number of carbonyl (C=O) groups is 2. The molecule has 1 aromatic carbocycles. The van der Waals surface area contributed by atoms with Crippen LogP contribution in [0.5, 0.6) is 0 Å². The third kappa shape index (κ3) is 5.86. The van der Waals surface area contributed by atoms with Gasteiger partial charge in [-0.25, -0.2) is 13.1 Å². The molecule has 1 N–H and O–H groups in total. The molecule has 1 heterocycles. The molecule has 0 atom stereocenters. The molecule has 2 aromatic rings. The predicted octanol–water partition coefficient (Wildman–Crippen LogP) is 1.59. The minimum Gasteiger partial charge on any atom is -0.466 e. The Balaban J connectivity index is 2.20. The molecule has 0 spiro atoms. The van der Waals surface area contributed by atoms with Crippen molar-refractivity contribution in [3.63, 3.8) is 0 Å². The van der Waals surface area contributed by atoms with E-state index in [2.05, 4.69) is 9.71 Å². The van der Waals surface area contributed by atoms with Gasteiger partial charge in [-0.15, -0.1) is 0 Å². The normalized spacial score (nSPS) is 11.1. The first-order valence-corrected chi connectivity index (χ1v) is 10.2. The second-order valence-electron chi connectivity index (χ2n) is 5.87. The first-order valence-electron chi connectivity index (χ1n) is 8.74. The summed E-state index contributed by atoms with van der Waals surface area (Å²) < 4.78 is 30.8. The molecular weight excluding hydrogens is 382 g/mol. The quantitative estimate of drug-likeness (QED) is 0.635. The number of ether oxygens (including phenoxy) is 1. The van der Waals surface area contributed by atoms with E-state index in [1.165, 1.54) is 36.2 Å². The third-order valence-electron chi connectivity index (χ3n) is 3.95. The number of sulfonamides is 1. The second kappa shape index (κ2) is 9.95. The average Bonchev–Trinajstić information content (AvgIpc) is 2.71. The van der Waals surface area contributed by atoms with Crippen molar-refractivity contribution in [2.24, 2.45) is 0 Å². The summed E-state index contributed by atoms with van der Waals surface area (Å²) in [6.07, 6.45) is 3.34. The van der Waals surface area contributed by atoms with Gasteiger partial charge in [-0.05, 0) is 49.9 Å². The van der Waals surface area contributed by atoms with Crippen LogP contribution in [0.4, 0.5) is 0 Å². The minimum absolute atomic E-state index is 0.0616. The van der Waals surface area contributed by atoms with Crippen molar-refractivity contribution in [1.82, 2.24) is 14.6 Å². The minimum atomic E-state index is -3.58. The lowest BCUT2D eigenvalue weighted by atomic mass is 10.1. The summed E-state index contributed by atoms with van der Waals surface area (Å²) >= 11 is 0. The number of nitrogens with one attached hydrogen (secondary N) is 1. The summed E-state index contributed by atoms with van der Waals surface area (Å²) in [5.41, 5.74) is 1.14. The van der Waals surface area contributed by atoms with Gasteiger partial charge in [-0.2, -0.15) is 0 Å². The van der Waals surface area contributed by atoms with E-state index in [-0.39, 0.29) is 42.9 Å². The fraction of sp³-hybridized carbons (Fsp3) is 0.316. The first-order chi connectivity index (χ1) is 13.4. The Kier molecular flexibility index (Phi) is 7.65. The van der Waals surface area contributed by atoms with Crippen LogP contribution in [0.15, 0.2) is 53.7 Å². The lowest BCUT2D eigenvalue weighted by Crippen LogP contribution is -2.33. The SMILES string of the molecule is CCOC(=O)CCN(Cc1cccnc1)C(=O)c1ccc(S(=O)(=O)NC)cc1. The second-order valence-corrected chi connectivity index (χ2v) is 7.76. The molecule has 150 valence electrons. The largest absolute Gasteiger partial charge is 0.466 e. The number of nitrogens with zero attached hydrogens (tertiary/aromatic N) is 2. The zero-order chi connectivity index (χ0) is 20.6. The van der Waals surface area contributed by atoms with Crippen LogP contribution in [-0.4, -0.2) is 50.4 Å². The van der Waals surface area contributed by atoms with Crippen molar-refractivity contribution in [2.75, 3.05) is 20.2 Å². The summed E-state index contributed by atoms with van der Waals surface area (Å²) in [5, 5.41) is 0. The number of benzene rings is 1. The van der Waals surface area contributed by atoms with Gasteiger partial charge in [-0.3, -0.25) is 14.6 Å². The molecule has 0 saturated heterocycles. The fourth-order valence-electron chi connectivity index (χ4n) is 2.50. The fourth-order valence-corrected chi connectivity index (χ4v) is 3.23. The topological polar surface area (TPSA) is 106 Å². The van der Waals surface area contributed by atoms with E-state index in [0.29, 0.717) is 5.56 Å². The number of carbonyl (C=O) groups excluding carboxylic acids is 2. The summed E-state index contributed by atoms with van der Waals surface area (Å²) in [6, 6.07) is 9.24. The number of aromatic nitrogens is 1. The molecule has 0 aliphatic heterocycles. The van der Waals surface area contributed by atoms with Crippen molar-refractivity contribution in [1.29, 1.82) is 0 Å². The maximum atomic E-state index is 12.9. The van der Waals surface area contributed by atoms with Crippen LogP contribution in [0.25, 0.3) is 0 Å². The molecule has 8 nitrogen and oxygen atoms in total. The molecule has 0 unspecified atom stereocenters. The number of rotatable bonds is 9. The summed E-state index contributed by atoms with van der Waals surface area (Å²) in [5.74, 6) is -0.705. The molecule has 1 aromatic heterocycles. The Labute approximate surface area is 164 Å². The van der Waals surface area contributed by atoms with Gasteiger partial charge in [0.25, 0.3) is 5.91 Å². The highest BCUT2D eigenvalue weighted by Crippen LogP contribution is 2.14. The smallest absolute Gasteiger partial charge is 0.307 e. The van der Waals surface area contributed by atoms with Crippen LogP contribution in [0, 0.1) is 0 Å². The number of pyridine rings is 1. The van der Waals surface area contributed by atoms with E-state index in [0.717, 1.165) is 5.56 Å². The zero-order valence-corrected chi connectivity index (χ0v) is 16.6. The van der Waals surface area contributed by atoms with E-state index >= 15 is 0 Å². The number of esters is 1. The monoisotopic (exact) mass is 405 g/mol. The van der Waals surface area contributed by atoms with E-state index < -0.39 is 10.0 Å². The van der Waals surface area contributed by atoms with Gasteiger partial charge in [0, 0.05) is 31.0 Å². The lowest BCUT2D eigenvalue weighted by molar-refractivity contribution is -0.143. The van der Waals surface area contributed by atoms with E-state index in [1.54, 1.807) is 25.4 Å². The van der Waals surface area contributed by atoms with Crippen LogP contribution in [-0.2, 0) is 26.1 Å².